The summed E-state index contributed by atoms with van der Waals surface area (Å²) >= 11 is 0. The van der Waals surface area contributed by atoms with Gasteiger partial charge in [0.1, 0.15) is 6.04 Å². The monoisotopic (exact) mass is 394 g/mol. The summed E-state index contributed by atoms with van der Waals surface area (Å²) in [5.41, 5.74) is 3.91. The smallest absolute Gasteiger partial charge is 0.323 e. The summed E-state index contributed by atoms with van der Waals surface area (Å²) in [7, 11) is 0. The van der Waals surface area contributed by atoms with Gasteiger partial charge < -0.3 is 15.5 Å². The lowest BCUT2D eigenvalue weighted by Crippen LogP contribution is -2.39. The van der Waals surface area contributed by atoms with E-state index >= 15 is 0 Å². The van der Waals surface area contributed by atoms with Gasteiger partial charge in [0, 0.05) is 18.3 Å². The van der Waals surface area contributed by atoms with Gasteiger partial charge >= 0.3 is 5.97 Å². The van der Waals surface area contributed by atoms with Crippen molar-refractivity contribution in [2.45, 2.75) is 19.5 Å². The Morgan fingerprint density at radius 2 is 1.93 bits per heavy atom. The van der Waals surface area contributed by atoms with Gasteiger partial charge in [0.2, 0.25) is 5.95 Å². The van der Waals surface area contributed by atoms with E-state index in [1.807, 2.05) is 55.5 Å². The normalized spacial score (nSPS) is 11.8. The van der Waals surface area contributed by atoms with E-state index in [0.717, 1.165) is 22.4 Å². The van der Waals surface area contributed by atoms with Crippen LogP contribution in [-0.4, -0.2) is 38.8 Å². The van der Waals surface area contributed by atoms with Crippen LogP contribution in [0.4, 0.5) is 11.6 Å². The van der Waals surface area contributed by atoms with E-state index in [2.05, 4.69) is 20.6 Å². The number of nitrogens with one attached hydrogen (secondary N) is 3. The SMILES string of the molecule is Cc1c(Nc2nc(CN[C@H](CO)C(=O)O)cc(=O)[nH]2)cccc1-c1ccccc1. The van der Waals surface area contributed by atoms with Gasteiger partial charge in [0.05, 0.1) is 12.3 Å². The number of hydrogen-bond donors (Lipinski definition) is 5. The number of H-pyrrole nitrogens is 1. The molecule has 1 atom stereocenters. The third-order valence-electron chi connectivity index (χ3n) is 4.48. The standard InChI is InChI=1S/C21H22N4O4/c1-13-16(14-6-3-2-4-7-14)8-5-9-17(13)24-21-23-15(10-19(27)25-21)11-22-18(12-26)20(28)29/h2-10,18,22,26H,11-12H2,1H3,(H,28,29)(H2,23,24,25,27)/t18-/m1/s1. The zero-order chi connectivity index (χ0) is 20.8. The van der Waals surface area contributed by atoms with Crippen molar-refractivity contribution in [2.24, 2.45) is 0 Å². The van der Waals surface area contributed by atoms with E-state index in [0.29, 0.717) is 5.69 Å². The van der Waals surface area contributed by atoms with E-state index in [1.54, 1.807) is 0 Å². The minimum absolute atomic E-state index is 0.0269. The zero-order valence-corrected chi connectivity index (χ0v) is 15.8. The molecule has 0 spiro atoms. The van der Waals surface area contributed by atoms with Crippen LogP contribution >= 0.6 is 0 Å². The highest BCUT2D eigenvalue weighted by molar-refractivity contribution is 5.75. The number of aliphatic hydroxyl groups excluding tert-OH is 1. The molecule has 0 aliphatic carbocycles. The quantitative estimate of drug-likeness (QED) is 0.395. The molecule has 0 radical (unpaired) electrons. The maximum atomic E-state index is 12.0. The number of aliphatic hydroxyl groups is 1. The summed E-state index contributed by atoms with van der Waals surface area (Å²) < 4.78 is 0. The molecule has 2 aromatic carbocycles. The van der Waals surface area contributed by atoms with E-state index in [4.69, 9.17) is 10.2 Å². The lowest BCUT2D eigenvalue weighted by molar-refractivity contribution is -0.140. The summed E-state index contributed by atoms with van der Waals surface area (Å²) in [6.45, 7) is 1.45. The molecule has 8 nitrogen and oxygen atoms in total. The molecule has 0 unspecified atom stereocenters. The average Bonchev–Trinajstić information content (AvgIpc) is 2.70. The van der Waals surface area contributed by atoms with E-state index in [1.165, 1.54) is 6.07 Å². The molecule has 0 fully saturated rings. The Balaban J connectivity index is 1.83. The second-order valence-corrected chi connectivity index (χ2v) is 6.51. The Labute approximate surface area is 167 Å². The summed E-state index contributed by atoms with van der Waals surface area (Å²) in [6.07, 6.45) is 0. The highest BCUT2D eigenvalue weighted by Gasteiger charge is 2.15. The fourth-order valence-electron chi connectivity index (χ4n) is 2.94. The van der Waals surface area contributed by atoms with Crippen molar-refractivity contribution >= 4 is 17.6 Å². The number of carboxylic acids is 1. The number of carbonyl (C=O) groups is 1. The molecule has 0 saturated carbocycles. The topological polar surface area (TPSA) is 127 Å². The largest absolute Gasteiger partial charge is 0.480 e. The second kappa shape index (κ2) is 9.13. The van der Waals surface area contributed by atoms with Gasteiger partial charge in [-0.25, -0.2) is 4.98 Å². The van der Waals surface area contributed by atoms with Crippen molar-refractivity contribution in [1.82, 2.24) is 15.3 Å². The van der Waals surface area contributed by atoms with E-state index < -0.39 is 18.6 Å². The van der Waals surface area contributed by atoms with Crippen LogP contribution in [0.5, 0.6) is 0 Å². The molecular weight excluding hydrogens is 372 g/mol. The first-order valence-electron chi connectivity index (χ1n) is 9.07. The van der Waals surface area contributed by atoms with Gasteiger partial charge in [-0.2, -0.15) is 0 Å². The van der Waals surface area contributed by atoms with Crippen LogP contribution in [0.25, 0.3) is 11.1 Å². The Morgan fingerprint density at radius 1 is 1.17 bits per heavy atom. The molecule has 0 bridgehead atoms. The molecule has 5 N–H and O–H groups in total. The molecule has 0 aliphatic heterocycles. The number of hydrogen-bond acceptors (Lipinski definition) is 6. The minimum atomic E-state index is -1.18. The van der Waals surface area contributed by atoms with Crippen molar-refractivity contribution in [3.8, 4) is 11.1 Å². The Kier molecular flexibility index (Phi) is 6.38. The molecule has 150 valence electrons. The van der Waals surface area contributed by atoms with Gasteiger partial charge in [-0.05, 0) is 29.7 Å². The fraction of sp³-hybridized carbons (Fsp3) is 0.190. The van der Waals surface area contributed by atoms with Crippen LogP contribution in [0.1, 0.15) is 11.3 Å². The molecule has 3 aromatic rings. The number of aromatic nitrogens is 2. The van der Waals surface area contributed by atoms with Crippen LogP contribution in [0.2, 0.25) is 0 Å². The summed E-state index contributed by atoms with van der Waals surface area (Å²) in [5.74, 6) is -0.928. The van der Waals surface area contributed by atoms with Crippen LogP contribution in [0.15, 0.2) is 59.4 Å². The third-order valence-corrected chi connectivity index (χ3v) is 4.48. The molecule has 0 amide bonds. The second-order valence-electron chi connectivity index (χ2n) is 6.51. The summed E-state index contributed by atoms with van der Waals surface area (Å²) in [5, 5.41) is 23.8. The van der Waals surface area contributed by atoms with E-state index in [9.17, 15) is 9.59 Å². The first-order valence-corrected chi connectivity index (χ1v) is 9.07. The molecule has 0 aliphatic rings. The number of nitrogens with zero attached hydrogens (tertiary/aromatic N) is 1. The molecule has 0 saturated heterocycles. The number of rotatable bonds is 8. The number of carboxylic acid groups (broad SMARTS) is 1. The van der Waals surface area contributed by atoms with Crippen molar-refractivity contribution in [3.63, 3.8) is 0 Å². The minimum Gasteiger partial charge on any atom is -0.480 e. The van der Waals surface area contributed by atoms with Gasteiger partial charge in [0.25, 0.3) is 5.56 Å². The highest BCUT2D eigenvalue weighted by atomic mass is 16.4. The van der Waals surface area contributed by atoms with Crippen molar-refractivity contribution in [3.05, 3.63) is 76.2 Å². The van der Waals surface area contributed by atoms with Crippen LogP contribution < -0.4 is 16.2 Å². The fourth-order valence-corrected chi connectivity index (χ4v) is 2.94. The Hall–Kier alpha value is -3.49. The van der Waals surface area contributed by atoms with Gasteiger partial charge in [0.15, 0.2) is 0 Å². The summed E-state index contributed by atoms with van der Waals surface area (Å²) in [4.78, 5) is 30.0. The average molecular weight is 394 g/mol. The Morgan fingerprint density at radius 3 is 2.62 bits per heavy atom. The number of anilines is 2. The van der Waals surface area contributed by atoms with E-state index in [-0.39, 0.29) is 18.1 Å². The molecule has 3 rings (SSSR count). The molecule has 29 heavy (non-hydrogen) atoms. The first kappa shape index (κ1) is 20.2. The van der Waals surface area contributed by atoms with Crippen LogP contribution in [0.3, 0.4) is 0 Å². The maximum Gasteiger partial charge on any atom is 0.323 e. The lowest BCUT2D eigenvalue weighted by Gasteiger charge is -2.14. The van der Waals surface area contributed by atoms with Gasteiger partial charge in [-0.1, -0.05) is 42.5 Å². The maximum absolute atomic E-state index is 12.0. The van der Waals surface area contributed by atoms with Crippen molar-refractivity contribution < 1.29 is 15.0 Å². The highest BCUT2D eigenvalue weighted by Crippen LogP contribution is 2.29. The van der Waals surface area contributed by atoms with Crippen LogP contribution in [-0.2, 0) is 11.3 Å². The van der Waals surface area contributed by atoms with Crippen molar-refractivity contribution in [2.75, 3.05) is 11.9 Å². The van der Waals surface area contributed by atoms with Crippen molar-refractivity contribution in [1.29, 1.82) is 0 Å². The molecular formula is C21H22N4O4. The molecule has 1 aromatic heterocycles. The first-order chi connectivity index (χ1) is 14.0. The number of aromatic amines is 1. The zero-order valence-electron chi connectivity index (χ0n) is 15.8. The molecule has 8 heteroatoms. The predicted octanol–water partition coefficient (Wildman–Crippen LogP) is 2.02. The number of aliphatic carboxylic acids is 1. The predicted molar refractivity (Wildman–Crippen MR) is 110 cm³/mol. The Bertz CT molecular complexity index is 1050. The third kappa shape index (κ3) is 5.07. The van der Waals surface area contributed by atoms with Crippen LogP contribution in [0, 0.1) is 6.92 Å². The lowest BCUT2D eigenvalue weighted by atomic mass is 9.99. The summed E-state index contributed by atoms with van der Waals surface area (Å²) in [6, 6.07) is 15.9. The molecule has 1 heterocycles. The number of benzene rings is 2. The van der Waals surface area contributed by atoms with Gasteiger partial charge in [-0.15, -0.1) is 0 Å². The van der Waals surface area contributed by atoms with Gasteiger partial charge in [-0.3, -0.25) is 19.9 Å².